The predicted octanol–water partition coefficient (Wildman–Crippen LogP) is 1.23. The molecule has 1 aliphatic heterocycles. The Morgan fingerprint density at radius 1 is 1.10 bits per heavy atom. The summed E-state index contributed by atoms with van der Waals surface area (Å²) in [5.41, 5.74) is 1.58. The highest BCUT2D eigenvalue weighted by Crippen LogP contribution is 2.09. The molecule has 3 rings (SSSR count). The first kappa shape index (κ1) is 21.7. The number of nitrogens with zero attached hydrogens (tertiary/aromatic N) is 4. The molecule has 8 nitrogen and oxygen atoms in total. The van der Waals surface area contributed by atoms with Crippen molar-refractivity contribution >= 4 is 17.8 Å². The van der Waals surface area contributed by atoms with E-state index >= 15 is 0 Å². The Morgan fingerprint density at radius 2 is 1.83 bits per heavy atom. The van der Waals surface area contributed by atoms with Gasteiger partial charge in [0.05, 0.1) is 0 Å². The number of nitrogens with one attached hydrogen (secondary N) is 2. The average Bonchev–Trinajstić information content (AvgIpc) is 2.77. The number of rotatable bonds is 8. The van der Waals surface area contributed by atoms with Gasteiger partial charge in [-0.25, -0.2) is 9.97 Å². The zero-order valence-electron chi connectivity index (χ0n) is 17.7. The third-order valence-electron chi connectivity index (χ3n) is 5.18. The van der Waals surface area contributed by atoms with E-state index in [0.717, 1.165) is 50.7 Å². The molecular formula is C22H30N6O2. The van der Waals surface area contributed by atoms with Crippen LogP contribution in [0.25, 0.3) is 0 Å². The Morgan fingerprint density at radius 3 is 2.53 bits per heavy atom. The highest BCUT2D eigenvalue weighted by Gasteiger charge is 2.19. The smallest absolute Gasteiger partial charge is 0.251 e. The van der Waals surface area contributed by atoms with Crippen LogP contribution in [-0.4, -0.2) is 72.0 Å². The fraction of sp³-hybridized carbons (Fsp3) is 0.455. The average molecular weight is 411 g/mol. The van der Waals surface area contributed by atoms with Gasteiger partial charge in [-0.15, -0.1) is 0 Å². The number of amides is 2. The zero-order chi connectivity index (χ0) is 21.3. The quantitative estimate of drug-likeness (QED) is 0.637. The maximum atomic E-state index is 12.3. The number of aromatic nitrogens is 2. The number of piperazine rings is 1. The second-order valence-electron chi connectivity index (χ2n) is 7.59. The first-order valence-corrected chi connectivity index (χ1v) is 10.4. The molecule has 0 spiro atoms. The standard InChI is InChI=1S/C22H30N6O2/c1-17-6-3-7-19(16-17)21(30)26-18(2)20(29)23-10-5-11-27-12-14-28(15-13-27)22-24-8-4-9-25-22/h3-4,6-9,16,18H,5,10-15H2,1-2H3,(H,23,29)(H,26,30). The van der Waals surface area contributed by atoms with Crippen LogP contribution in [0.3, 0.4) is 0 Å². The van der Waals surface area contributed by atoms with Gasteiger partial charge in [-0.1, -0.05) is 17.7 Å². The summed E-state index contributed by atoms with van der Waals surface area (Å²) in [7, 11) is 0. The van der Waals surface area contributed by atoms with Gasteiger partial charge in [-0.2, -0.15) is 0 Å². The van der Waals surface area contributed by atoms with Gasteiger partial charge in [0.25, 0.3) is 5.91 Å². The molecule has 1 aromatic heterocycles. The molecule has 2 heterocycles. The summed E-state index contributed by atoms with van der Waals surface area (Å²) in [6.07, 6.45) is 4.40. The zero-order valence-corrected chi connectivity index (χ0v) is 17.7. The maximum Gasteiger partial charge on any atom is 0.251 e. The van der Waals surface area contributed by atoms with Gasteiger partial charge < -0.3 is 15.5 Å². The van der Waals surface area contributed by atoms with Crippen molar-refractivity contribution in [3.05, 3.63) is 53.9 Å². The van der Waals surface area contributed by atoms with E-state index in [1.54, 1.807) is 25.4 Å². The van der Waals surface area contributed by atoms with Crippen LogP contribution in [0.15, 0.2) is 42.7 Å². The minimum Gasteiger partial charge on any atom is -0.354 e. The van der Waals surface area contributed by atoms with Crippen molar-refractivity contribution in [2.24, 2.45) is 0 Å². The van der Waals surface area contributed by atoms with Gasteiger partial charge in [0.2, 0.25) is 11.9 Å². The molecule has 1 fully saturated rings. The van der Waals surface area contributed by atoms with E-state index in [0.29, 0.717) is 12.1 Å². The molecule has 1 atom stereocenters. The molecule has 0 bridgehead atoms. The summed E-state index contributed by atoms with van der Waals surface area (Å²) in [6, 6.07) is 8.57. The number of benzene rings is 1. The van der Waals surface area contributed by atoms with Crippen molar-refractivity contribution in [1.82, 2.24) is 25.5 Å². The Balaban J connectivity index is 1.31. The van der Waals surface area contributed by atoms with E-state index in [1.165, 1.54) is 0 Å². The molecule has 30 heavy (non-hydrogen) atoms. The normalized spacial score (nSPS) is 15.5. The van der Waals surface area contributed by atoms with Gasteiger partial charge in [0.1, 0.15) is 6.04 Å². The van der Waals surface area contributed by atoms with Crippen molar-refractivity contribution in [3.63, 3.8) is 0 Å². The first-order chi connectivity index (χ1) is 14.5. The number of hydrogen-bond acceptors (Lipinski definition) is 6. The lowest BCUT2D eigenvalue weighted by Gasteiger charge is -2.34. The van der Waals surface area contributed by atoms with Crippen LogP contribution in [0.5, 0.6) is 0 Å². The van der Waals surface area contributed by atoms with Crippen molar-refractivity contribution in [3.8, 4) is 0 Å². The van der Waals surface area contributed by atoms with Crippen molar-refractivity contribution in [2.45, 2.75) is 26.3 Å². The minimum absolute atomic E-state index is 0.165. The largest absolute Gasteiger partial charge is 0.354 e. The van der Waals surface area contributed by atoms with Gasteiger partial charge in [-0.3, -0.25) is 14.5 Å². The molecule has 2 amide bonds. The van der Waals surface area contributed by atoms with Crippen LogP contribution in [0.1, 0.15) is 29.3 Å². The molecule has 1 unspecified atom stereocenters. The van der Waals surface area contributed by atoms with E-state index in [2.05, 4.69) is 30.4 Å². The Hall–Kier alpha value is -3.00. The van der Waals surface area contributed by atoms with E-state index in [-0.39, 0.29) is 11.8 Å². The fourth-order valence-corrected chi connectivity index (χ4v) is 3.43. The molecule has 0 saturated carbocycles. The van der Waals surface area contributed by atoms with Gasteiger partial charge in [0, 0.05) is 50.7 Å². The number of carbonyl (C=O) groups is 2. The SMILES string of the molecule is Cc1cccc(C(=O)NC(C)C(=O)NCCCN2CCN(c3ncccn3)CC2)c1. The third-order valence-corrected chi connectivity index (χ3v) is 5.18. The van der Waals surface area contributed by atoms with Gasteiger partial charge >= 0.3 is 0 Å². The number of anilines is 1. The molecule has 2 aromatic rings. The first-order valence-electron chi connectivity index (χ1n) is 10.4. The molecular weight excluding hydrogens is 380 g/mol. The summed E-state index contributed by atoms with van der Waals surface area (Å²) in [6.45, 7) is 8.86. The molecule has 160 valence electrons. The van der Waals surface area contributed by atoms with Crippen molar-refractivity contribution in [1.29, 1.82) is 0 Å². The second-order valence-corrected chi connectivity index (χ2v) is 7.59. The lowest BCUT2D eigenvalue weighted by atomic mass is 10.1. The lowest BCUT2D eigenvalue weighted by Crippen LogP contribution is -2.48. The van der Waals surface area contributed by atoms with Crippen LogP contribution in [-0.2, 0) is 4.79 Å². The van der Waals surface area contributed by atoms with E-state index < -0.39 is 6.04 Å². The third kappa shape index (κ3) is 6.25. The molecule has 1 saturated heterocycles. The molecule has 8 heteroatoms. The predicted molar refractivity (Wildman–Crippen MR) is 116 cm³/mol. The van der Waals surface area contributed by atoms with E-state index in [1.807, 2.05) is 31.2 Å². The molecule has 0 radical (unpaired) electrons. The minimum atomic E-state index is -0.576. The van der Waals surface area contributed by atoms with Crippen LogP contribution < -0.4 is 15.5 Å². The summed E-state index contributed by atoms with van der Waals surface area (Å²) in [5, 5.41) is 5.67. The molecule has 2 N–H and O–H groups in total. The summed E-state index contributed by atoms with van der Waals surface area (Å²) >= 11 is 0. The second kappa shape index (κ2) is 10.7. The van der Waals surface area contributed by atoms with E-state index in [4.69, 9.17) is 0 Å². The van der Waals surface area contributed by atoms with E-state index in [9.17, 15) is 9.59 Å². The van der Waals surface area contributed by atoms with Crippen LogP contribution >= 0.6 is 0 Å². The van der Waals surface area contributed by atoms with Crippen molar-refractivity contribution in [2.75, 3.05) is 44.2 Å². The van der Waals surface area contributed by atoms with Gasteiger partial charge in [0.15, 0.2) is 0 Å². The number of aryl methyl sites for hydroxylation is 1. The Labute approximate surface area is 177 Å². The fourth-order valence-electron chi connectivity index (χ4n) is 3.43. The summed E-state index contributed by atoms with van der Waals surface area (Å²) in [4.78, 5) is 37.7. The topological polar surface area (TPSA) is 90.5 Å². The van der Waals surface area contributed by atoms with Crippen LogP contribution in [0.4, 0.5) is 5.95 Å². The molecule has 1 aliphatic rings. The summed E-state index contributed by atoms with van der Waals surface area (Å²) in [5.74, 6) is 0.384. The maximum absolute atomic E-state index is 12.3. The Kier molecular flexibility index (Phi) is 7.73. The number of carbonyl (C=O) groups excluding carboxylic acids is 2. The van der Waals surface area contributed by atoms with Crippen LogP contribution in [0, 0.1) is 6.92 Å². The number of hydrogen-bond donors (Lipinski definition) is 2. The van der Waals surface area contributed by atoms with Gasteiger partial charge in [-0.05, 0) is 45.0 Å². The lowest BCUT2D eigenvalue weighted by molar-refractivity contribution is -0.122. The highest BCUT2D eigenvalue weighted by atomic mass is 16.2. The van der Waals surface area contributed by atoms with Crippen molar-refractivity contribution < 1.29 is 9.59 Å². The molecule has 0 aliphatic carbocycles. The molecule has 1 aromatic carbocycles. The summed E-state index contributed by atoms with van der Waals surface area (Å²) < 4.78 is 0. The monoisotopic (exact) mass is 410 g/mol. The highest BCUT2D eigenvalue weighted by molar-refractivity contribution is 5.97. The Bertz CT molecular complexity index is 837. The van der Waals surface area contributed by atoms with Crippen LogP contribution in [0.2, 0.25) is 0 Å².